The monoisotopic (exact) mass is 467 g/mol. The Morgan fingerprint density at radius 3 is 2.49 bits per heavy atom. The molecule has 2 aliphatic heterocycles. The molecule has 0 bridgehead atoms. The molecule has 0 spiro atoms. The number of hydrogen-bond acceptors (Lipinski definition) is 5. The summed E-state index contributed by atoms with van der Waals surface area (Å²) in [5.41, 5.74) is 4.57. The lowest BCUT2D eigenvalue weighted by Crippen LogP contribution is -2.29. The molecule has 6 heteroatoms. The molecule has 0 N–H and O–H groups in total. The number of hydrogen-bond donors (Lipinski definition) is 0. The van der Waals surface area contributed by atoms with Crippen molar-refractivity contribution in [2.75, 3.05) is 6.79 Å². The Bertz CT molecular complexity index is 1530. The average molecular weight is 468 g/mol. The highest BCUT2D eigenvalue weighted by atomic mass is 16.7. The molecule has 3 aromatic carbocycles. The molecule has 0 radical (unpaired) electrons. The van der Waals surface area contributed by atoms with Gasteiger partial charge in [-0.2, -0.15) is 0 Å². The van der Waals surface area contributed by atoms with Crippen molar-refractivity contribution < 1.29 is 18.7 Å². The minimum atomic E-state index is -0.551. The molecule has 6 rings (SSSR count). The second-order valence-corrected chi connectivity index (χ2v) is 9.52. The molecular formula is C29H25NO5. The number of benzene rings is 3. The Kier molecular flexibility index (Phi) is 4.92. The van der Waals surface area contributed by atoms with Crippen LogP contribution in [0.2, 0.25) is 0 Å². The minimum absolute atomic E-state index is 0.116. The Morgan fingerprint density at radius 1 is 0.943 bits per heavy atom. The van der Waals surface area contributed by atoms with E-state index in [1.165, 1.54) is 5.56 Å². The maximum absolute atomic E-state index is 13.8. The van der Waals surface area contributed by atoms with Gasteiger partial charge in [-0.15, -0.1) is 0 Å². The number of nitrogens with zero attached hydrogens (tertiary/aromatic N) is 1. The van der Waals surface area contributed by atoms with E-state index in [-0.39, 0.29) is 23.9 Å². The van der Waals surface area contributed by atoms with Crippen LogP contribution in [0, 0.1) is 6.92 Å². The number of carbonyl (C=O) groups excluding carboxylic acids is 1. The van der Waals surface area contributed by atoms with E-state index in [1.807, 2.05) is 49.4 Å². The van der Waals surface area contributed by atoms with Crippen LogP contribution in [0.25, 0.3) is 11.0 Å². The Morgan fingerprint density at radius 2 is 1.71 bits per heavy atom. The molecule has 1 aromatic heterocycles. The molecule has 0 fully saturated rings. The van der Waals surface area contributed by atoms with Crippen LogP contribution < -0.4 is 14.9 Å². The second-order valence-electron chi connectivity index (χ2n) is 9.52. The van der Waals surface area contributed by atoms with Gasteiger partial charge < -0.3 is 18.8 Å². The van der Waals surface area contributed by atoms with E-state index in [2.05, 4.69) is 26.0 Å². The van der Waals surface area contributed by atoms with Crippen LogP contribution in [0.3, 0.4) is 0 Å². The number of aryl methyl sites for hydroxylation is 1. The van der Waals surface area contributed by atoms with Crippen molar-refractivity contribution in [3.8, 4) is 11.5 Å². The first kappa shape index (κ1) is 21.5. The van der Waals surface area contributed by atoms with Gasteiger partial charge in [-0.3, -0.25) is 9.59 Å². The summed E-state index contributed by atoms with van der Waals surface area (Å²) in [6, 6.07) is 18.7. The molecule has 1 unspecified atom stereocenters. The molecule has 0 saturated heterocycles. The van der Waals surface area contributed by atoms with Gasteiger partial charge in [0.1, 0.15) is 5.58 Å². The highest BCUT2D eigenvalue weighted by Gasteiger charge is 2.42. The quantitative estimate of drug-likeness (QED) is 0.385. The van der Waals surface area contributed by atoms with E-state index < -0.39 is 6.04 Å². The SMILES string of the molecule is Cc1ccc2oc3c(c(=O)c2c1)C(c1ccc(C(C)C)cc1)N(Cc1ccc2c(c1)OCO2)C3=O. The van der Waals surface area contributed by atoms with E-state index in [4.69, 9.17) is 13.9 Å². The summed E-state index contributed by atoms with van der Waals surface area (Å²) >= 11 is 0. The topological polar surface area (TPSA) is 69.0 Å². The first-order valence-corrected chi connectivity index (χ1v) is 11.8. The third-order valence-electron chi connectivity index (χ3n) is 6.83. The van der Waals surface area contributed by atoms with Crippen molar-refractivity contribution in [1.29, 1.82) is 0 Å². The zero-order valence-corrected chi connectivity index (χ0v) is 19.8. The van der Waals surface area contributed by atoms with Crippen molar-refractivity contribution in [2.45, 2.75) is 39.3 Å². The molecule has 6 nitrogen and oxygen atoms in total. The number of rotatable bonds is 4. The van der Waals surface area contributed by atoms with Crippen molar-refractivity contribution in [3.63, 3.8) is 0 Å². The normalized spacial score (nSPS) is 16.4. The van der Waals surface area contributed by atoms with Crippen LogP contribution >= 0.6 is 0 Å². The summed E-state index contributed by atoms with van der Waals surface area (Å²) < 4.78 is 17.0. The molecule has 176 valence electrons. The van der Waals surface area contributed by atoms with Gasteiger partial charge in [0.05, 0.1) is 17.0 Å². The van der Waals surface area contributed by atoms with E-state index in [0.29, 0.717) is 40.5 Å². The van der Waals surface area contributed by atoms with Crippen LogP contribution in [0.1, 0.15) is 64.2 Å². The van der Waals surface area contributed by atoms with Gasteiger partial charge in [0.15, 0.2) is 16.9 Å². The van der Waals surface area contributed by atoms with Gasteiger partial charge in [0.2, 0.25) is 12.6 Å². The number of fused-ring (bicyclic) bond motifs is 3. The molecular weight excluding hydrogens is 442 g/mol. The average Bonchev–Trinajstić information content (AvgIpc) is 3.43. The molecule has 1 amide bonds. The second kappa shape index (κ2) is 8.01. The lowest BCUT2D eigenvalue weighted by atomic mass is 9.95. The van der Waals surface area contributed by atoms with Gasteiger partial charge in [-0.05, 0) is 53.8 Å². The predicted octanol–water partition coefficient (Wildman–Crippen LogP) is 5.70. The maximum atomic E-state index is 13.8. The van der Waals surface area contributed by atoms with Gasteiger partial charge >= 0.3 is 0 Å². The molecule has 0 aliphatic carbocycles. The molecule has 1 atom stereocenters. The summed E-state index contributed by atoms with van der Waals surface area (Å²) in [5.74, 6) is 1.53. The lowest BCUT2D eigenvalue weighted by molar-refractivity contribution is 0.0714. The van der Waals surface area contributed by atoms with Gasteiger partial charge in [0.25, 0.3) is 5.91 Å². The fourth-order valence-corrected chi connectivity index (χ4v) is 4.94. The highest BCUT2D eigenvalue weighted by Crippen LogP contribution is 2.40. The van der Waals surface area contributed by atoms with E-state index in [9.17, 15) is 9.59 Å². The van der Waals surface area contributed by atoms with E-state index in [0.717, 1.165) is 16.7 Å². The zero-order valence-electron chi connectivity index (χ0n) is 19.8. The zero-order chi connectivity index (χ0) is 24.3. The van der Waals surface area contributed by atoms with Crippen molar-refractivity contribution in [1.82, 2.24) is 4.90 Å². The summed E-state index contributed by atoms with van der Waals surface area (Å²) in [6.45, 7) is 6.69. The Labute approximate surface area is 202 Å². The molecule has 3 heterocycles. The number of carbonyl (C=O) groups is 1. The number of ether oxygens (including phenoxy) is 2. The molecule has 0 saturated carbocycles. The van der Waals surface area contributed by atoms with Gasteiger partial charge in [0, 0.05) is 6.54 Å². The fraction of sp³-hybridized carbons (Fsp3) is 0.241. The summed E-state index contributed by atoms with van der Waals surface area (Å²) in [6.07, 6.45) is 0. The summed E-state index contributed by atoms with van der Waals surface area (Å²) in [7, 11) is 0. The number of amides is 1. The molecule has 2 aliphatic rings. The first-order chi connectivity index (χ1) is 16.9. The fourth-order valence-electron chi connectivity index (χ4n) is 4.94. The largest absolute Gasteiger partial charge is 0.454 e. The predicted molar refractivity (Wildman–Crippen MR) is 132 cm³/mol. The highest BCUT2D eigenvalue weighted by molar-refractivity contribution is 5.99. The van der Waals surface area contributed by atoms with Crippen molar-refractivity contribution in [2.24, 2.45) is 0 Å². The van der Waals surface area contributed by atoms with Crippen LogP contribution in [-0.2, 0) is 6.54 Å². The van der Waals surface area contributed by atoms with Crippen LogP contribution in [0.15, 0.2) is 69.9 Å². The van der Waals surface area contributed by atoms with E-state index in [1.54, 1.807) is 11.0 Å². The van der Waals surface area contributed by atoms with Crippen LogP contribution in [-0.4, -0.2) is 17.6 Å². The van der Waals surface area contributed by atoms with Gasteiger partial charge in [-0.25, -0.2) is 0 Å². The smallest absolute Gasteiger partial charge is 0.291 e. The Hall–Kier alpha value is -4.06. The third-order valence-corrected chi connectivity index (χ3v) is 6.83. The van der Waals surface area contributed by atoms with Gasteiger partial charge in [-0.1, -0.05) is 55.8 Å². The lowest BCUT2D eigenvalue weighted by Gasteiger charge is -2.25. The Balaban J connectivity index is 1.51. The van der Waals surface area contributed by atoms with Crippen molar-refractivity contribution in [3.05, 3.63) is 104 Å². The summed E-state index contributed by atoms with van der Waals surface area (Å²) in [4.78, 5) is 29.2. The maximum Gasteiger partial charge on any atom is 0.291 e. The molecule has 35 heavy (non-hydrogen) atoms. The first-order valence-electron chi connectivity index (χ1n) is 11.8. The minimum Gasteiger partial charge on any atom is -0.454 e. The third kappa shape index (κ3) is 3.48. The van der Waals surface area contributed by atoms with Crippen LogP contribution in [0.5, 0.6) is 11.5 Å². The van der Waals surface area contributed by atoms with Crippen molar-refractivity contribution >= 4 is 16.9 Å². The van der Waals surface area contributed by atoms with E-state index >= 15 is 0 Å². The standard InChI is InChI=1S/C29H25NO5/c1-16(2)19-6-8-20(9-7-19)26-25-27(31)21-12-17(3)4-10-22(21)35-28(25)29(32)30(26)14-18-5-11-23-24(13-18)34-15-33-23/h4-13,16,26H,14-15H2,1-3H3. The molecule has 4 aromatic rings. The van der Waals surface area contributed by atoms with Crippen LogP contribution in [0.4, 0.5) is 0 Å². The summed E-state index contributed by atoms with van der Waals surface area (Å²) in [5, 5.41) is 0.491.